The molecule has 88 valence electrons. The number of fused-ring (bicyclic) bond motifs is 1. The molecular weight excluding hydrogens is 234 g/mol. The number of hydrogen-bond acceptors (Lipinski definition) is 5. The monoisotopic (exact) mass is 241 g/mol. The number of pyridine rings is 1. The van der Waals surface area contributed by atoms with E-state index in [-0.39, 0.29) is 5.69 Å². The van der Waals surface area contributed by atoms with Gasteiger partial charge in [0.15, 0.2) is 11.3 Å². The summed E-state index contributed by atoms with van der Waals surface area (Å²) in [5, 5.41) is 8.80. The number of rotatable bonds is 2. The third-order valence-corrected chi connectivity index (χ3v) is 2.38. The maximum Gasteiger partial charge on any atom is 0.356 e. The van der Waals surface area contributed by atoms with Crippen LogP contribution in [0.2, 0.25) is 0 Å². The topological polar surface area (TPSA) is 93.8 Å². The normalized spacial score (nSPS) is 10.7. The standard InChI is InChI=1S/C11H7N5O2/c17-11(18)8-5-16(6-14-8)9-2-1-7-10(15-9)13-4-3-12-7/h1-6H,(H,17,18). The van der Waals surface area contributed by atoms with Crippen LogP contribution in [0.1, 0.15) is 10.5 Å². The molecule has 0 amide bonds. The van der Waals surface area contributed by atoms with Gasteiger partial charge in [-0.25, -0.2) is 19.7 Å². The van der Waals surface area contributed by atoms with Gasteiger partial charge in [0, 0.05) is 18.6 Å². The van der Waals surface area contributed by atoms with Crippen molar-refractivity contribution in [2.45, 2.75) is 0 Å². The van der Waals surface area contributed by atoms with E-state index >= 15 is 0 Å². The summed E-state index contributed by atoms with van der Waals surface area (Å²) in [6, 6.07) is 3.50. The SMILES string of the molecule is O=C(O)c1cn(-c2ccc3nccnc3n2)cn1. The molecule has 3 rings (SSSR count). The fourth-order valence-corrected chi connectivity index (χ4v) is 1.55. The summed E-state index contributed by atoms with van der Waals surface area (Å²) < 4.78 is 1.53. The number of carbonyl (C=O) groups is 1. The van der Waals surface area contributed by atoms with Crippen molar-refractivity contribution in [2.24, 2.45) is 0 Å². The predicted molar refractivity (Wildman–Crippen MR) is 61.4 cm³/mol. The van der Waals surface area contributed by atoms with E-state index in [1.165, 1.54) is 17.1 Å². The molecule has 3 aromatic rings. The van der Waals surface area contributed by atoms with Gasteiger partial charge in [0.25, 0.3) is 0 Å². The van der Waals surface area contributed by atoms with Crippen molar-refractivity contribution in [3.63, 3.8) is 0 Å². The zero-order valence-corrected chi connectivity index (χ0v) is 9.06. The van der Waals surface area contributed by atoms with E-state index < -0.39 is 5.97 Å². The van der Waals surface area contributed by atoms with E-state index in [2.05, 4.69) is 19.9 Å². The minimum Gasteiger partial charge on any atom is -0.476 e. The first kappa shape index (κ1) is 10.3. The molecule has 18 heavy (non-hydrogen) atoms. The van der Waals surface area contributed by atoms with Gasteiger partial charge in [0.1, 0.15) is 17.7 Å². The fraction of sp³-hybridized carbons (Fsp3) is 0. The van der Waals surface area contributed by atoms with Gasteiger partial charge in [-0.15, -0.1) is 0 Å². The molecule has 0 unspecified atom stereocenters. The number of carboxylic acid groups (broad SMARTS) is 1. The van der Waals surface area contributed by atoms with Crippen LogP contribution in [0.5, 0.6) is 0 Å². The second-order valence-corrected chi connectivity index (χ2v) is 3.54. The quantitative estimate of drug-likeness (QED) is 0.716. The number of nitrogens with zero attached hydrogens (tertiary/aromatic N) is 5. The Balaban J connectivity index is 2.10. The number of aromatic nitrogens is 5. The van der Waals surface area contributed by atoms with Gasteiger partial charge in [-0.1, -0.05) is 0 Å². The van der Waals surface area contributed by atoms with Crippen LogP contribution >= 0.6 is 0 Å². The van der Waals surface area contributed by atoms with Gasteiger partial charge in [0.05, 0.1) is 0 Å². The first-order chi connectivity index (χ1) is 8.74. The lowest BCUT2D eigenvalue weighted by Gasteiger charge is -2.01. The highest BCUT2D eigenvalue weighted by atomic mass is 16.4. The molecule has 0 saturated carbocycles. The van der Waals surface area contributed by atoms with E-state index in [0.717, 1.165) is 0 Å². The maximum atomic E-state index is 10.7. The van der Waals surface area contributed by atoms with Crippen molar-refractivity contribution in [3.05, 3.63) is 42.7 Å². The highest BCUT2D eigenvalue weighted by Gasteiger charge is 2.08. The zero-order chi connectivity index (χ0) is 12.5. The van der Waals surface area contributed by atoms with Gasteiger partial charge in [0.2, 0.25) is 0 Å². The molecule has 1 N–H and O–H groups in total. The van der Waals surface area contributed by atoms with E-state index in [0.29, 0.717) is 17.0 Å². The van der Waals surface area contributed by atoms with E-state index in [1.54, 1.807) is 24.5 Å². The third kappa shape index (κ3) is 1.67. The molecule has 3 aromatic heterocycles. The Kier molecular flexibility index (Phi) is 2.23. The first-order valence-electron chi connectivity index (χ1n) is 5.09. The van der Waals surface area contributed by atoms with Crippen LogP contribution in [0.25, 0.3) is 17.0 Å². The highest BCUT2D eigenvalue weighted by molar-refractivity contribution is 5.85. The van der Waals surface area contributed by atoms with Crippen molar-refractivity contribution >= 4 is 17.1 Å². The lowest BCUT2D eigenvalue weighted by molar-refractivity contribution is 0.0691. The van der Waals surface area contributed by atoms with Crippen LogP contribution in [0.3, 0.4) is 0 Å². The zero-order valence-electron chi connectivity index (χ0n) is 9.06. The molecule has 0 bridgehead atoms. The van der Waals surface area contributed by atoms with E-state index in [4.69, 9.17) is 5.11 Å². The summed E-state index contributed by atoms with van der Waals surface area (Å²) in [6.45, 7) is 0. The molecule has 0 atom stereocenters. The molecule has 0 aliphatic heterocycles. The number of imidazole rings is 1. The Hall–Kier alpha value is -2.83. The molecule has 0 aliphatic rings. The van der Waals surface area contributed by atoms with Gasteiger partial charge >= 0.3 is 5.97 Å². The minimum atomic E-state index is -1.07. The average Bonchev–Trinajstić information content (AvgIpc) is 2.88. The fourth-order valence-electron chi connectivity index (χ4n) is 1.55. The van der Waals surface area contributed by atoms with E-state index in [1.807, 2.05) is 0 Å². The number of hydrogen-bond donors (Lipinski definition) is 1. The van der Waals surface area contributed by atoms with Gasteiger partial charge in [-0.2, -0.15) is 0 Å². The summed E-state index contributed by atoms with van der Waals surface area (Å²) in [5.41, 5.74) is 1.15. The Morgan fingerprint density at radius 2 is 2.00 bits per heavy atom. The molecule has 0 spiro atoms. The summed E-state index contributed by atoms with van der Waals surface area (Å²) in [7, 11) is 0. The predicted octanol–water partition coefficient (Wildman–Crippen LogP) is 0.909. The molecule has 7 heteroatoms. The van der Waals surface area contributed by atoms with Crippen molar-refractivity contribution in [2.75, 3.05) is 0 Å². The van der Waals surface area contributed by atoms with Crippen LogP contribution < -0.4 is 0 Å². The van der Waals surface area contributed by atoms with E-state index in [9.17, 15) is 4.79 Å². The Bertz CT molecular complexity index is 737. The van der Waals surface area contributed by atoms with Gasteiger partial charge < -0.3 is 5.11 Å². The number of carboxylic acids is 1. The molecule has 0 aliphatic carbocycles. The van der Waals surface area contributed by atoms with Crippen molar-refractivity contribution in [3.8, 4) is 5.82 Å². The first-order valence-corrected chi connectivity index (χ1v) is 5.09. The highest BCUT2D eigenvalue weighted by Crippen LogP contribution is 2.10. The van der Waals surface area contributed by atoms with Crippen LogP contribution in [0.4, 0.5) is 0 Å². The smallest absolute Gasteiger partial charge is 0.356 e. The Labute approximate surface area is 101 Å². The van der Waals surface area contributed by atoms with Gasteiger partial charge in [-0.3, -0.25) is 9.55 Å². The summed E-state index contributed by atoms with van der Waals surface area (Å²) in [4.78, 5) is 27.0. The van der Waals surface area contributed by atoms with Crippen molar-refractivity contribution in [1.82, 2.24) is 24.5 Å². The Morgan fingerprint density at radius 3 is 2.78 bits per heavy atom. The molecular formula is C11H7N5O2. The molecule has 3 heterocycles. The summed E-state index contributed by atoms with van der Waals surface area (Å²) in [6.07, 6.45) is 5.93. The Morgan fingerprint density at radius 1 is 1.17 bits per heavy atom. The van der Waals surface area contributed by atoms with Gasteiger partial charge in [-0.05, 0) is 12.1 Å². The van der Waals surface area contributed by atoms with Crippen LogP contribution in [0, 0.1) is 0 Å². The third-order valence-electron chi connectivity index (χ3n) is 2.38. The minimum absolute atomic E-state index is 0.0314. The number of aromatic carboxylic acids is 1. The molecule has 0 saturated heterocycles. The summed E-state index contributed by atoms with van der Waals surface area (Å²) >= 11 is 0. The van der Waals surface area contributed by atoms with Crippen molar-refractivity contribution < 1.29 is 9.90 Å². The lowest BCUT2D eigenvalue weighted by atomic mass is 10.4. The molecule has 0 radical (unpaired) electrons. The maximum absolute atomic E-state index is 10.7. The van der Waals surface area contributed by atoms with Crippen LogP contribution in [-0.4, -0.2) is 35.6 Å². The van der Waals surface area contributed by atoms with Crippen LogP contribution in [-0.2, 0) is 0 Å². The molecule has 0 aromatic carbocycles. The lowest BCUT2D eigenvalue weighted by Crippen LogP contribution is -1.98. The average molecular weight is 241 g/mol. The van der Waals surface area contributed by atoms with Crippen LogP contribution in [0.15, 0.2) is 37.1 Å². The second kappa shape index (κ2) is 3.88. The summed E-state index contributed by atoms with van der Waals surface area (Å²) in [5.74, 6) is -0.530. The largest absolute Gasteiger partial charge is 0.476 e. The van der Waals surface area contributed by atoms with Crippen molar-refractivity contribution in [1.29, 1.82) is 0 Å². The molecule has 0 fully saturated rings. The second-order valence-electron chi connectivity index (χ2n) is 3.54. The molecule has 7 nitrogen and oxygen atoms in total.